The molecule has 1 atom stereocenters. The lowest BCUT2D eigenvalue weighted by Crippen LogP contribution is -2.31. The Kier molecular flexibility index (Phi) is 6.39. The van der Waals surface area contributed by atoms with Crippen LogP contribution in [0.3, 0.4) is 0 Å². The van der Waals surface area contributed by atoms with E-state index >= 15 is 0 Å². The van der Waals surface area contributed by atoms with Crippen molar-refractivity contribution in [2.45, 2.75) is 17.9 Å². The van der Waals surface area contributed by atoms with Crippen molar-refractivity contribution in [1.82, 2.24) is 5.32 Å². The van der Waals surface area contributed by atoms with E-state index in [-0.39, 0.29) is 16.5 Å². The van der Waals surface area contributed by atoms with Crippen molar-refractivity contribution in [3.63, 3.8) is 0 Å². The number of rotatable bonds is 6. The Morgan fingerprint density at radius 2 is 1.85 bits per heavy atom. The molecule has 0 bridgehead atoms. The first-order valence-electron chi connectivity index (χ1n) is 7.69. The fourth-order valence-corrected chi connectivity index (χ4v) is 3.39. The Morgan fingerprint density at radius 3 is 2.50 bits per heavy atom. The van der Waals surface area contributed by atoms with Crippen LogP contribution in [0.15, 0.2) is 53.4 Å². The SMILES string of the molecule is C[C@H](NC(=O)COC(=O)c1ccccc1S(C)(=O)=O)c1cccc(Cl)c1. The Morgan fingerprint density at radius 1 is 1.15 bits per heavy atom. The van der Waals surface area contributed by atoms with E-state index in [1.54, 1.807) is 25.1 Å². The van der Waals surface area contributed by atoms with Gasteiger partial charge in [0.15, 0.2) is 16.4 Å². The Bertz CT molecular complexity index is 927. The van der Waals surface area contributed by atoms with Gasteiger partial charge in [0.1, 0.15) is 0 Å². The van der Waals surface area contributed by atoms with Gasteiger partial charge in [-0.2, -0.15) is 0 Å². The van der Waals surface area contributed by atoms with Gasteiger partial charge in [0.25, 0.3) is 5.91 Å². The Hall–Kier alpha value is -2.38. The standard InChI is InChI=1S/C18H18ClNO5S/c1-12(13-6-5-7-14(19)10-13)20-17(21)11-25-18(22)15-8-3-4-9-16(15)26(2,23)24/h3-10,12H,11H2,1-2H3,(H,20,21)/t12-/m0/s1. The van der Waals surface area contributed by atoms with Crippen LogP contribution in [0, 0.1) is 0 Å². The summed E-state index contributed by atoms with van der Waals surface area (Å²) >= 11 is 5.92. The molecule has 0 saturated carbocycles. The fourth-order valence-electron chi connectivity index (χ4n) is 2.31. The van der Waals surface area contributed by atoms with Gasteiger partial charge in [0, 0.05) is 11.3 Å². The molecule has 0 aromatic heterocycles. The highest BCUT2D eigenvalue weighted by molar-refractivity contribution is 7.90. The number of esters is 1. The zero-order chi connectivity index (χ0) is 19.3. The minimum atomic E-state index is -3.59. The molecule has 26 heavy (non-hydrogen) atoms. The molecule has 0 heterocycles. The van der Waals surface area contributed by atoms with Gasteiger partial charge in [0.2, 0.25) is 0 Å². The monoisotopic (exact) mass is 395 g/mol. The summed E-state index contributed by atoms with van der Waals surface area (Å²) in [5.74, 6) is -1.39. The van der Waals surface area contributed by atoms with E-state index in [9.17, 15) is 18.0 Å². The number of benzene rings is 2. The van der Waals surface area contributed by atoms with Crippen molar-refractivity contribution in [3.05, 3.63) is 64.7 Å². The molecule has 0 aliphatic carbocycles. The van der Waals surface area contributed by atoms with Crippen LogP contribution in [0.2, 0.25) is 5.02 Å². The number of hydrogen-bond acceptors (Lipinski definition) is 5. The third-order valence-electron chi connectivity index (χ3n) is 3.57. The molecule has 8 heteroatoms. The van der Waals surface area contributed by atoms with Crippen molar-refractivity contribution in [1.29, 1.82) is 0 Å². The summed E-state index contributed by atoms with van der Waals surface area (Å²) < 4.78 is 28.4. The van der Waals surface area contributed by atoms with Crippen LogP contribution in [0.5, 0.6) is 0 Å². The highest BCUT2D eigenvalue weighted by atomic mass is 35.5. The van der Waals surface area contributed by atoms with E-state index in [2.05, 4.69) is 5.32 Å². The van der Waals surface area contributed by atoms with Crippen molar-refractivity contribution in [3.8, 4) is 0 Å². The summed E-state index contributed by atoms with van der Waals surface area (Å²) in [5, 5.41) is 3.23. The van der Waals surface area contributed by atoms with Gasteiger partial charge in [-0.15, -0.1) is 0 Å². The van der Waals surface area contributed by atoms with Crippen LogP contribution in [0.1, 0.15) is 28.9 Å². The Labute approximate surface area is 157 Å². The average molecular weight is 396 g/mol. The molecule has 0 unspecified atom stereocenters. The first kappa shape index (κ1) is 19.9. The van der Waals surface area contributed by atoms with Gasteiger partial charge in [-0.25, -0.2) is 13.2 Å². The van der Waals surface area contributed by atoms with Crippen molar-refractivity contribution >= 4 is 33.3 Å². The number of carbonyl (C=O) groups excluding carboxylic acids is 2. The summed E-state index contributed by atoms with van der Waals surface area (Å²) in [5.41, 5.74) is 0.699. The number of halogens is 1. The van der Waals surface area contributed by atoms with Gasteiger partial charge in [-0.05, 0) is 36.8 Å². The second-order valence-corrected chi connectivity index (χ2v) is 8.11. The van der Waals surface area contributed by atoms with Gasteiger partial charge in [-0.1, -0.05) is 35.9 Å². The number of ether oxygens (including phenoxy) is 1. The number of carbonyl (C=O) groups is 2. The summed E-state index contributed by atoms with van der Waals surface area (Å²) in [6.07, 6.45) is 0.999. The minimum absolute atomic E-state index is 0.106. The summed E-state index contributed by atoms with van der Waals surface area (Å²) in [6, 6.07) is 12.4. The molecule has 1 amide bonds. The first-order chi connectivity index (χ1) is 12.2. The average Bonchev–Trinajstić information content (AvgIpc) is 2.59. The summed E-state index contributed by atoms with van der Waals surface area (Å²) in [6.45, 7) is 1.24. The van der Waals surface area contributed by atoms with Crippen LogP contribution >= 0.6 is 11.6 Å². The first-order valence-corrected chi connectivity index (χ1v) is 9.96. The maximum absolute atomic E-state index is 12.1. The molecule has 2 rings (SSSR count). The van der Waals surface area contributed by atoms with Gasteiger partial charge < -0.3 is 10.1 Å². The van der Waals surface area contributed by atoms with Crippen LogP contribution in [0.25, 0.3) is 0 Å². The molecule has 1 N–H and O–H groups in total. The number of amides is 1. The van der Waals surface area contributed by atoms with E-state index in [1.807, 2.05) is 6.07 Å². The van der Waals surface area contributed by atoms with Gasteiger partial charge >= 0.3 is 5.97 Å². The summed E-state index contributed by atoms with van der Waals surface area (Å²) in [4.78, 5) is 24.0. The van der Waals surface area contributed by atoms with Crippen LogP contribution < -0.4 is 5.32 Å². The molecule has 0 aliphatic rings. The minimum Gasteiger partial charge on any atom is -0.452 e. The zero-order valence-electron chi connectivity index (χ0n) is 14.2. The highest BCUT2D eigenvalue weighted by Gasteiger charge is 2.20. The quantitative estimate of drug-likeness (QED) is 0.759. The Balaban J connectivity index is 1.99. The largest absolute Gasteiger partial charge is 0.452 e. The smallest absolute Gasteiger partial charge is 0.339 e. The van der Waals surface area contributed by atoms with Crippen molar-refractivity contribution < 1.29 is 22.7 Å². The van der Waals surface area contributed by atoms with E-state index in [4.69, 9.17) is 16.3 Å². The van der Waals surface area contributed by atoms with E-state index in [0.29, 0.717) is 5.02 Å². The lowest BCUT2D eigenvalue weighted by atomic mass is 10.1. The van der Waals surface area contributed by atoms with E-state index < -0.39 is 28.3 Å². The second-order valence-electron chi connectivity index (χ2n) is 5.69. The molecule has 0 spiro atoms. The molecule has 0 radical (unpaired) electrons. The summed E-state index contributed by atoms with van der Waals surface area (Å²) in [7, 11) is -3.59. The van der Waals surface area contributed by atoms with Crippen molar-refractivity contribution in [2.24, 2.45) is 0 Å². The van der Waals surface area contributed by atoms with Gasteiger partial charge in [0.05, 0.1) is 16.5 Å². The lowest BCUT2D eigenvalue weighted by molar-refractivity contribution is -0.124. The molecular formula is C18H18ClNO5S. The molecule has 2 aromatic carbocycles. The van der Waals surface area contributed by atoms with E-state index in [1.165, 1.54) is 24.3 Å². The van der Waals surface area contributed by atoms with Crippen LogP contribution in [-0.2, 0) is 19.4 Å². The molecule has 0 saturated heterocycles. The fraction of sp³-hybridized carbons (Fsp3) is 0.222. The van der Waals surface area contributed by atoms with Crippen LogP contribution in [-0.4, -0.2) is 33.2 Å². The highest BCUT2D eigenvalue weighted by Crippen LogP contribution is 2.18. The van der Waals surface area contributed by atoms with E-state index in [0.717, 1.165) is 11.8 Å². The predicted octanol–water partition coefficient (Wildman–Crippen LogP) is 2.78. The molecule has 0 fully saturated rings. The zero-order valence-corrected chi connectivity index (χ0v) is 15.8. The maximum Gasteiger partial charge on any atom is 0.339 e. The maximum atomic E-state index is 12.1. The predicted molar refractivity (Wildman–Crippen MR) is 97.8 cm³/mol. The van der Waals surface area contributed by atoms with Crippen LogP contribution in [0.4, 0.5) is 0 Å². The lowest BCUT2D eigenvalue weighted by Gasteiger charge is -2.15. The topological polar surface area (TPSA) is 89.5 Å². The number of hydrogen-bond donors (Lipinski definition) is 1. The molecular weight excluding hydrogens is 378 g/mol. The third-order valence-corrected chi connectivity index (χ3v) is 4.96. The third kappa shape index (κ3) is 5.31. The molecule has 6 nitrogen and oxygen atoms in total. The molecule has 138 valence electrons. The number of nitrogens with one attached hydrogen (secondary N) is 1. The molecule has 2 aromatic rings. The normalized spacial score (nSPS) is 12.3. The van der Waals surface area contributed by atoms with Crippen molar-refractivity contribution in [2.75, 3.05) is 12.9 Å². The van der Waals surface area contributed by atoms with Gasteiger partial charge in [-0.3, -0.25) is 4.79 Å². The second kappa shape index (κ2) is 8.33. The molecule has 0 aliphatic heterocycles. The number of sulfone groups is 1.